The van der Waals surface area contributed by atoms with Gasteiger partial charge in [0.05, 0.1) is 0 Å². The first kappa shape index (κ1) is 19.6. The third-order valence-electron chi connectivity index (χ3n) is 4.14. The molecule has 25 heavy (non-hydrogen) atoms. The van der Waals surface area contributed by atoms with Crippen LogP contribution in [0.3, 0.4) is 0 Å². The Hall–Kier alpha value is -1.77. The van der Waals surface area contributed by atoms with Gasteiger partial charge in [-0.05, 0) is 24.0 Å². The summed E-state index contributed by atoms with van der Waals surface area (Å²) in [4.78, 5) is 0. The van der Waals surface area contributed by atoms with Crippen LogP contribution < -0.4 is 11.5 Å². The van der Waals surface area contributed by atoms with Crippen LogP contribution in [-0.4, -0.2) is 29.6 Å². The maximum atomic E-state index is 8.74. The summed E-state index contributed by atoms with van der Waals surface area (Å²) < 4.78 is 31.6. The highest BCUT2D eigenvalue weighted by Crippen LogP contribution is 2.39. The fraction of sp³-hybridized carbons (Fsp3) is 0.333. The van der Waals surface area contributed by atoms with E-state index in [2.05, 4.69) is 48.5 Å². The number of hydrogen-bond donors (Lipinski definition) is 4. The van der Waals surface area contributed by atoms with E-state index in [0.717, 1.165) is 0 Å². The highest BCUT2D eigenvalue weighted by Gasteiger charge is 2.34. The van der Waals surface area contributed by atoms with Crippen molar-refractivity contribution in [3.8, 4) is 0 Å². The predicted octanol–water partition coefficient (Wildman–Crippen LogP) is 2.35. The van der Waals surface area contributed by atoms with Crippen molar-refractivity contribution in [2.45, 2.75) is 36.8 Å². The Balaban J connectivity index is 0.000000144. The van der Waals surface area contributed by atoms with Crippen LogP contribution in [0.15, 0.2) is 60.7 Å². The fourth-order valence-electron chi connectivity index (χ4n) is 2.60. The average Bonchev–Trinajstić information content (AvgIpc) is 3.47. The van der Waals surface area contributed by atoms with Crippen LogP contribution in [0.5, 0.6) is 0 Å². The summed E-state index contributed by atoms with van der Waals surface area (Å²) in [6.45, 7) is 0. The van der Waals surface area contributed by atoms with Gasteiger partial charge in [-0.3, -0.25) is 9.11 Å². The lowest BCUT2D eigenvalue weighted by atomic mass is 10.1. The molecular formula is C18H24N2O4S. The standard InChI is InChI=1S/2C9H11N.H2O4S/c2*10-9-6-8(9)7-4-2-1-3-5-7;1-5(2,3)4/h2*1-5,8-9H,6,10H2;(H2,1,2,3,4)/t8-,9+;;/m0../s1. The highest BCUT2D eigenvalue weighted by atomic mass is 32.3. The van der Waals surface area contributed by atoms with Gasteiger partial charge in [0.1, 0.15) is 0 Å². The molecule has 0 heterocycles. The van der Waals surface area contributed by atoms with Gasteiger partial charge >= 0.3 is 10.4 Å². The minimum atomic E-state index is -4.67. The van der Waals surface area contributed by atoms with Crippen LogP contribution in [0.2, 0.25) is 0 Å². The number of hydrogen-bond acceptors (Lipinski definition) is 4. The minimum Gasteiger partial charge on any atom is -0.327 e. The maximum absolute atomic E-state index is 8.74. The Kier molecular flexibility index (Phi) is 6.69. The molecule has 6 N–H and O–H groups in total. The quantitative estimate of drug-likeness (QED) is 0.606. The van der Waals surface area contributed by atoms with Crippen molar-refractivity contribution in [3.63, 3.8) is 0 Å². The van der Waals surface area contributed by atoms with Crippen molar-refractivity contribution < 1.29 is 17.5 Å². The van der Waals surface area contributed by atoms with E-state index >= 15 is 0 Å². The van der Waals surface area contributed by atoms with Gasteiger partial charge in [0.25, 0.3) is 0 Å². The summed E-state index contributed by atoms with van der Waals surface area (Å²) >= 11 is 0. The first-order chi connectivity index (χ1) is 11.8. The third kappa shape index (κ3) is 7.76. The molecule has 7 heteroatoms. The van der Waals surface area contributed by atoms with Crippen molar-refractivity contribution >= 4 is 10.4 Å². The molecule has 6 nitrogen and oxygen atoms in total. The molecule has 4 atom stereocenters. The predicted molar refractivity (Wildman–Crippen MR) is 97.7 cm³/mol. The van der Waals surface area contributed by atoms with E-state index in [9.17, 15) is 0 Å². The van der Waals surface area contributed by atoms with E-state index in [1.54, 1.807) is 0 Å². The van der Waals surface area contributed by atoms with Crippen molar-refractivity contribution in [2.75, 3.05) is 0 Å². The van der Waals surface area contributed by atoms with Crippen molar-refractivity contribution in [1.29, 1.82) is 0 Å². The zero-order valence-electron chi connectivity index (χ0n) is 13.8. The summed E-state index contributed by atoms with van der Waals surface area (Å²) in [7, 11) is -4.67. The van der Waals surface area contributed by atoms with Crippen LogP contribution in [0.25, 0.3) is 0 Å². The average molecular weight is 364 g/mol. The zero-order valence-corrected chi connectivity index (χ0v) is 14.6. The van der Waals surface area contributed by atoms with E-state index in [1.165, 1.54) is 24.0 Å². The van der Waals surface area contributed by atoms with Crippen LogP contribution in [-0.2, 0) is 10.4 Å². The van der Waals surface area contributed by atoms with Gasteiger partial charge in [0, 0.05) is 23.9 Å². The van der Waals surface area contributed by atoms with E-state index < -0.39 is 10.4 Å². The first-order valence-electron chi connectivity index (χ1n) is 8.06. The Morgan fingerprint density at radius 3 is 1.16 bits per heavy atom. The summed E-state index contributed by atoms with van der Waals surface area (Å²) in [5.41, 5.74) is 14.2. The van der Waals surface area contributed by atoms with Gasteiger partial charge in [0.15, 0.2) is 0 Å². The van der Waals surface area contributed by atoms with Crippen LogP contribution in [0.4, 0.5) is 0 Å². The second kappa shape index (κ2) is 8.55. The highest BCUT2D eigenvalue weighted by molar-refractivity contribution is 7.79. The third-order valence-corrected chi connectivity index (χ3v) is 4.14. The second-order valence-electron chi connectivity index (χ2n) is 6.28. The van der Waals surface area contributed by atoms with Gasteiger partial charge in [-0.25, -0.2) is 0 Å². The van der Waals surface area contributed by atoms with Gasteiger partial charge < -0.3 is 11.5 Å². The molecule has 0 amide bonds. The maximum Gasteiger partial charge on any atom is 0.394 e. The van der Waals surface area contributed by atoms with Crippen molar-refractivity contribution in [1.82, 2.24) is 0 Å². The van der Waals surface area contributed by atoms with Crippen molar-refractivity contribution in [2.24, 2.45) is 11.5 Å². The van der Waals surface area contributed by atoms with Crippen LogP contribution in [0.1, 0.15) is 35.8 Å². The molecule has 2 unspecified atom stereocenters. The van der Waals surface area contributed by atoms with E-state index in [1.807, 2.05) is 12.1 Å². The molecular weight excluding hydrogens is 340 g/mol. The summed E-state index contributed by atoms with van der Waals surface area (Å²) in [5.74, 6) is 1.31. The lowest BCUT2D eigenvalue weighted by Crippen LogP contribution is -2.00. The Morgan fingerprint density at radius 1 is 0.720 bits per heavy atom. The molecule has 2 aromatic carbocycles. The molecule has 0 bridgehead atoms. The SMILES string of the molecule is NC1CC1c1ccccc1.N[C@@H]1C[C@H]1c1ccccc1.O=S(=O)(O)O. The van der Waals surface area contributed by atoms with Gasteiger partial charge in [0.2, 0.25) is 0 Å². The number of nitrogens with two attached hydrogens (primary N) is 2. The van der Waals surface area contributed by atoms with E-state index in [4.69, 9.17) is 29.0 Å². The van der Waals surface area contributed by atoms with Gasteiger partial charge in [-0.15, -0.1) is 0 Å². The molecule has 2 aliphatic carbocycles. The fourth-order valence-corrected chi connectivity index (χ4v) is 2.60. The molecule has 0 aromatic heterocycles. The minimum absolute atomic E-state index is 0.433. The first-order valence-corrected chi connectivity index (χ1v) is 9.46. The van der Waals surface area contributed by atoms with Crippen LogP contribution >= 0.6 is 0 Å². The summed E-state index contributed by atoms with van der Waals surface area (Å²) in [6.07, 6.45) is 2.34. The lowest BCUT2D eigenvalue weighted by molar-refractivity contribution is 0.381. The molecule has 0 saturated heterocycles. The monoisotopic (exact) mass is 364 g/mol. The molecule has 4 rings (SSSR count). The largest absolute Gasteiger partial charge is 0.394 e. The molecule has 0 radical (unpaired) electrons. The number of rotatable bonds is 2. The number of benzene rings is 2. The topological polar surface area (TPSA) is 127 Å². The molecule has 136 valence electrons. The lowest BCUT2D eigenvalue weighted by Gasteiger charge is -1.94. The van der Waals surface area contributed by atoms with Gasteiger partial charge in [-0.2, -0.15) is 8.42 Å². The van der Waals surface area contributed by atoms with E-state index in [-0.39, 0.29) is 0 Å². The van der Waals surface area contributed by atoms with Crippen molar-refractivity contribution in [3.05, 3.63) is 71.8 Å². The molecule has 0 spiro atoms. The van der Waals surface area contributed by atoms with Gasteiger partial charge in [-0.1, -0.05) is 60.7 Å². The Labute approximate surface area is 148 Å². The summed E-state index contributed by atoms with van der Waals surface area (Å²) in [6, 6.07) is 21.8. The molecule has 2 aliphatic rings. The zero-order chi connectivity index (χ0) is 18.4. The second-order valence-corrected chi connectivity index (χ2v) is 7.18. The van der Waals surface area contributed by atoms with Crippen LogP contribution in [0, 0.1) is 0 Å². The summed E-state index contributed by atoms with van der Waals surface area (Å²) in [5, 5.41) is 0. The molecule has 0 aliphatic heterocycles. The molecule has 2 fully saturated rings. The molecule has 2 aromatic rings. The normalized spacial score (nSPS) is 26.4. The Morgan fingerprint density at radius 2 is 0.960 bits per heavy atom. The van der Waals surface area contributed by atoms with E-state index in [0.29, 0.717) is 23.9 Å². The Bertz CT molecular complexity index is 694. The smallest absolute Gasteiger partial charge is 0.327 e. The molecule has 2 saturated carbocycles.